The number of hydrogen-bond acceptors (Lipinski definition) is 2. The molecule has 17 heavy (non-hydrogen) atoms. The molecular formula is C12H12FNO3. The SMILES string of the molecule is CCn1cc(C(O)C(=O)O)c2cc(F)ccc21. The average molecular weight is 237 g/mol. The van der Waals surface area contributed by atoms with Gasteiger partial charge in [0, 0.05) is 29.2 Å². The summed E-state index contributed by atoms with van der Waals surface area (Å²) in [5.74, 6) is -1.80. The third kappa shape index (κ3) is 1.89. The first-order valence-electron chi connectivity index (χ1n) is 5.23. The van der Waals surface area contributed by atoms with Crippen LogP contribution in [0.3, 0.4) is 0 Å². The third-order valence-electron chi connectivity index (χ3n) is 2.74. The van der Waals surface area contributed by atoms with E-state index in [1.54, 1.807) is 16.8 Å². The van der Waals surface area contributed by atoms with E-state index in [1.807, 2.05) is 6.92 Å². The monoisotopic (exact) mass is 237 g/mol. The molecule has 2 N–H and O–H groups in total. The van der Waals surface area contributed by atoms with E-state index in [2.05, 4.69) is 0 Å². The number of benzene rings is 1. The van der Waals surface area contributed by atoms with Crippen LogP contribution in [0.4, 0.5) is 4.39 Å². The maximum Gasteiger partial charge on any atom is 0.337 e. The lowest BCUT2D eigenvalue weighted by atomic mass is 10.1. The van der Waals surface area contributed by atoms with E-state index in [4.69, 9.17) is 5.11 Å². The molecule has 1 heterocycles. The molecule has 5 heteroatoms. The zero-order valence-corrected chi connectivity index (χ0v) is 9.22. The van der Waals surface area contributed by atoms with Crippen LogP contribution in [0, 0.1) is 5.82 Å². The number of fused-ring (bicyclic) bond motifs is 1. The van der Waals surface area contributed by atoms with Crippen LogP contribution in [-0.2, 0) is 11.3 Å². The molecule has 2 rings (SSSR count). The summed E-state index contributed by atoms with van der Waals surface area (Å²) in [6.07, 6.45) is -0.0878. The van der Waals surface area contributed by atoms with Crippen molar-refractivity contribution in [3.63, 3.8) is 0 Å². The number of rotatable bonds is 3. The highest BCUT2D eigenvalue weighted by Gasteiger charge is 2.21. The molecule has 0 saturated carbocycles. The number of halogens is 1. The first-order chi connectivity index (χ1) is 8.04. The lowest BCUT2D eigenvalue weighted by molar-refractivity contribution is -0.146. The van der Waals surface area contributed by atoms with Crippen molar-refractivity contribution in [1.29, 1.82) is 0 Å². The Morgan fingerprint density at radius 3 is 2.82 bits per heavy atom. The van der Waals surface area contributed by atoms with Crippen LogP contribution < -0.4 is 0 Å². The second-order valence-corrected chi connectivity index (χ2v) is 3.77. The Morgan fingerprint density at radius 1 is 1.53 bits per heavy atom. The van der Waals surface area contributed by atoms with Gasteiger partial charge in [-0.3, -0.25) is 0 Å². The van der Waals surface area contributed by atoms with E-state index in [1.165, 1.54) is 12.1 Å². The fourth-order valence-electron chi connectivity index (χ4n) is 1.91. The maximum absolute atomic E-state index is 13.2. The highest BCUT2D eigenvalue weighted by Crippen LogP contribution is 2.27. The highest BCUT2D eigenvalue weighted by molar-refractivity contribution is 5.89. The van der Waals surface area contributed by atoms with E-state index in [0.717, 1.165) is 0 Å². The number of carboxylic acids is 1. The molecule has 0 radical (unpaired) electrons. The first-order valence-corrected chi connectivity index (χ1v) is 5.23. The van der Waals surface area contributed by atoms with Crippen molar-refractivity contribution in [2.24, 2.45) is 0 Å². The molecule has 0 fully saturated rings. The summed E-state index contributed by atoms with van der Waals surface area (Å²) in [5.41, 5.74) is 0.929. The Hall–Kier alpha value is -1.88. The molecular weight excluding hydrogens is 225 g/mol. The van der Waals surface area contributed by atoms with Gasteiger partial charge in [-0.05, 0) is 25.1 Å². The predicted molar refractivity (Wildman–Crippen MR) is 60.2 cm³/mol. The number of carbonyl (C=O) groups is 1. The van der Waals surface area contributed by atoms with E-state index in [9.17, 15) is 14.3 Å². The van der Waals surface area contributed by atoms with Gasteiger partial charge in [-0.2, -0.15) is 0 Å². The molecule has 0 saturated heterocycles. The minimum absolute atomic E-state index is 0.217. The second kappa shape index (κ2) is 4.18. The molecule has 0 spiro atoms. The average Bonchev–Trinajstić information content (AvgIpc) is 2.65. The number of aliphatic hydroxyl groups excluding tert-OH is 1. The molecule has 4 nitrogen and oxygen atoms in total. The second-order valence-electron chi connectivity index (χ2n) is 3.77. The maximum atomic E-state index is 13.2. The Bertz CT molecular complexity index is 576. The van der Waals surface area contributed by atoms with Crippen LogP contribution in [0.2, 0.25) is 0 Å². The normalized spacial score (nSPS) is 12.9. The summed E-state index contributed by atoms with van der Waals surface area (Å²) in [6.45, 7) is 2.51. The molecule has 0 aliphatic carbocycles. The first kappa shape index (κ1) is 11.6. The van der Waals surface area contributed by atoms with Gasteiger partial charge < -0.3 is 14.8 Å². The minimum Gasteiger partial charge on any atom is -0.479 e. The zero-order valence-electron chi connectivity index (χ0n) is 9.22. The molecule has 1 aromatic carbocycles. The van der Waals surface area contributed by atoms with Crippen molar-refractivity contribution in [2.75, 3.05) is 0 Å². The van der Waals surface area contributed by atoms with Crippen LogP contribution >= 0.6 is 0 Å². The lowest BCUT2D eigenvalue weighted by Gasteiger charge is -2.02. The molecule has 0 bridgehead atoms. The molecule has 0 aliphatic heterocycles. The predicted octanol–water partition coefficient (Wildman–Crippen LogP) is 1.92. The number of carboxylic acid groups (broad SMARTS) is 1. The van der Waals surface area contributed by atoms with Gasteiger partial charge in [0.05, 0.1) is 0 Å². The summed E-state index contributed by atoms with van der Waals surface area (Å²) in [4.78, 5) is 10.8. The summed E-state index contributed by atoms with van der Waals surface area (Å²) in [6, 6.07) is 4.13. The van der Waals surface area contributed by atoms with Crippen molar-refractivity contribution in [1.82, 2.24) is 4.57 Å². The number of nitrogens with zero attached hydrogens (tertiary/aromatic N) is 1. The van der Waals surface area contributed by atoms with Crippen LogP contribution in [-0.4, -0.2) is 20.7 Å². The van der Waals surface area contributed by atoms with Crippen LogP contribution in [0.1, 0.15) is 18.6 Å². The van der Waals surface area contributed by atoms with E-state index in [0.29, 0.717) is 17.4 Å². The van der Waals surface area contributed by atoms with Gasteiger partial charge in [0.25, 0.3) is 0 Å². The smallest absolute Gasteiger partial charge is 0.337 e. The van der Waals surface area contributed by atoms with Crippen molar-refractivity contribution >= 4 is 16.9 Å². The molecule has 1 atom stereocenters. The van der Waals surface area contributed by atoms with E-state index in [-0.39, 0.29) is 5.56 Å². The number of aliphatic carboxylic acids is 1. The quantitative estimate of drug-likeness (QED) is 0.857. The Labute approximate surface area is 96.9 Å². The van der Waals surface area contributed by atoms with Gasteiger partial charge in [0.2, 0.25) is 0 Å². The molecule has 1 unspecified atom stereocenters. The molecule has 1 aromatic heterocycles. The van der Waals surface area contributed by atoms with Gasteiger partial charge in [0.1, 0.15) is 5.82 Å². The summed E-state index contributed by atoms with van der Waals surface area (Å²) >= 11 is 0. The zero-order chi connectivity index (χ0) is 12.6. The van der Waals surface area contributed by atoms with Crippen LogP contribution in [0.15, 0.2) is 24.4 Å². The highest BCUT2D eigenvalue weighted by atomic mass is 19.1. The topological polar surface area (TPSA) is 62.5 Å². The Morgan fingerprint density at radius 2 is 2.24 bits per heavy atom. The van der Waals surface area contributed by atoms with Crippen LogP contribution in [0.25, 0.3) is 10.9 Å². The minimum atomic E-state index is -1.63. The largest absolute Gasteiger partial charge is 0.479 e. The van der Waals surface area contributed by atoms with Gasteiger partial charge >= 0.3 is 5.97 Å². The van der Waals surface area contributed by atoms with Crippen molar-refractivity contribution < 1.29 is 19.4 Å². The third-order valence-corrected chi connectivity index (χ3v) is 2.74. The Balaban J connectivity index is 2.70. The van der Waals surface area contributed by atoms with Gasteiger partial charge in [-0.15, -0.1) is 0 Å². The number of aliphatic hydroxyl groups is 1. The van der Waals surface area contributed by atoms with Gasteiger partial charge in [-0.25, -0.2) is 9.18 Å². The standard InChI is InChI=1S/C12H12FNO3/c1-2-14-6-9(11(15)12(16)17)8-5-7(13)3-4-10(8)14/h3-6,11,15H,2H2,1H3,(H,16,17). The summed E-state index contributed by atoms with van der Waals surface area (Å²) < 4.78 is 14.9. The van der Waals surface area contributed by atoms with Crippen LogP contribution in [0.5, 0.6) is 0 Å². The summed E-state index contributed by atoms with van der Waals surface area (Å²) in [5, 5.41) is 18.8. The fraction of sp³-hybridized carbons (Fsp3) is 0.250. The fourth-order valence-corrected chi connectivity index (χ4v) is 1.91. The Kier molecular flexibility index (Phi) is 2.85. The van der Waals surface area contributed by atoms with E-state index < -0.39 is 17.9 Å². The lowest BCUT2D eigenvalue weighted by Crippen LogP contribution is -2.09. The molecule has 0 amide bonds. The van der Waals surface area contributed by atoms with Gasteiger partial charge in [0.15, 0.2) is 6.10 Å². The van der Waals surface area contributed by atoms with Crippen molar-refractivity contribution in [3.05, 3.63) is 35.8 Å². The number of aryl methyl sites for hydroxylation is 1. The van der Waals surface area contributed by atoms with Crippen molar-refractivity contribution in [3.8, 4) is 0 Å². The summed E-state index contributed by atoms with van der Waals surface area (Å²) in [7, 11) is 0. The van der Waals surface area contributed by atoms with E-state index >= 15 is 0 Å². The van der Waals surface area contributed by atoms with Gasteiger partial charge in [-0.1, -0.05) is 0 Å². The molecule has 2 aromatic rings. The number of aromatic nitrogens is 1. The molecule has 0 aliphatic rings. The van der Waals surface area contributed by atoms with Crippen molar-refractivity contribution in [2.45, 2.75) is 19.6 Å². The number of hydrogen-bond donors (Lipinski definition) is 2. The molecule has 90 valence electrons.